The molecule has 1 N–H and O–H groups in total. The molecule has 1 heterocycles. The second-order valence-electron chi connectivity index (χ2n) is 4.15. The lowest BCUT2D eigenvalue weighted by atomic mass is 10.1. The van der Waals surface area contributed by atoms with Crippen molar-refractivity contribution in [3.63, 3.8) is 0 Å². The second-order valence-corrected chi connectivity index (χ2v) is 4.56. The Morgan fingerprint density at radius 3 is 2.58 bits per heavy atom. The maximum atomic E-state index is 10.9. The number of rotatable bonds is 3. The van der Waals surface area contributed by atoms with Gasteiger partial charge in [0.05, 0.1) is 17.8 Å². The van der Waals surface area contributed by atoms with E-state index in [1.165, 1.54) is 10.7 Å². The average molecular weight is 281 g/mol. The number of carboxylic acid groups (broad SMARTS) is 1. The highest BCUT2D eigenvalue weighted by Gasteiger charge is 2.15. The van der Waals surface area contributed by atoms with E-state index in [1.807, 2.05) is 13.0 Å². The number of aromatic nitrogens is 2. The smallest absolute Gasteiger partial charge is 0.356 e. The van der Waals surface area contributed by atoms with E-state index >= 15 is 0 Å². The van der Waals surface area contributed by atoms with Gasteiger partial charge in [-0.25, -0.2) is 4.79 Å². The standard InChI is InChI=1S/C13H13ClN2O3/c1-7-4-8(5-9(14)12(7)19-3)11-6-10(13(17)18)15-16(11)2/h4-6H,1-3H3,(H,17,18). The third-order valence-corrected chi connectivity index (χ3v) is 3.11. The molecule has 1 aromatic heterocycles. The van der Waals surface area contributed by atoms with Gasteiger partial charge >= 0.3 is 5.97 Å². The molecule has 5 nitrogen and oxygen atoms in total. The Balaban J connectivity index is 2.56. The number of hydrogen-bond donors (Lipinski definition) is 1. The summed E-state index contributed by atoms with van der Waals surface area (Å²) in [6, 6.07) is 5.13. The molecule has 0 saturated heterocycles. The molecule has 0 bridgehead atoms. The van der Waals surface area contributed by atoms with Crippen LogP contribution in [-0.2, 0) is 7.05 Å². The number of carboxylic acids is 1. The summed E-state index contributed by atoms with van der Waals surface area (Å²) in [6.07, 6.45) is 0. The number of carbonyl (C=O) groups is 1. The first-order chi connectivity index (χ1) is 8.93. The molecule has 0 spiro atoms. The van der Waals surface area contributed by atoms with Gasteiger partial charge in [0, 0.05) is 12.6 Å². The van der Waals surface area contributed by atoms with Gasteiger partial charge in [-0.3, -0.25) is 4.68 Å². The zero-order valence-electron chi connectivity index (χ0n) is 10.8. The molecule has 0 atom stereocenters. The number of hydrogen-bond acceptors (Lipinski definition) is 3. The summed E-state index contributed by atoms with van der Waals surface area (Å²) >= 11 is 6.14. The monoisotopic (exact) mass is 280 g/mol. The lowest BCUT2D eigenvalue weighted by Crippen LogP contribution is -1.99. The third-order valence-electron chi connectivity index (χ3n) is 2.83. The first-order valence-corrected chi connectivity index (χ1v) is 5.93. The van der Waals surface area contributed by atoms with Crippen LogP contribution in [0.15, 0.2) is 18.2 Å². The molecule has 100 valence electrons. The van der Waals surface area contributed by atoms with E-state index < -0.39 is 5.97 Å². The molecule has 19 heavy (non-hydrogen) atoms. The van der Waals surface area contributed by atoms with Gasteiger partial charge in [-0.2, -0.15) is 5.10 Å². The van der Waals surface area contributed by atoms with Crippen molar-refractivity contribution in [3.8, 4) is 17.0 Å². The molecule has 2 rings (SSSR count). The number of aromatic carboxylic acids is 1. The normalized spacial score (nSPS) is 10.5. The quantitative estimate of drug-likeness (QED) is 0.939. The van der Waals surface area contributed by atoms with Gasteiger partial charge in [0.2, 0.25) is 0 Å². The fourth-order valence-corrected chi connectivity index (χ4v) is 2.32. The molecule has 0 aliphatic heterocycles. The van der Waals surface area contributed by atoms with Crippen LogP contribution in [0.1, 0.15) is 16.1 Å². The van der Waals surface area contributed by atoms with Gasteiger partial charge < -0.3 is 9.84 Å². The molecular formula is C13H13ClN2O3. The molecule has 0 fully saturated rings. The molecular weight excluding hydrogens is 268 g/mol. The maximum Gasteiger partial charge on any atom is 0.356 e. The molecule has 0 aliphatic carbocycles. The number of ether oxygens (including phenoxy) is 1. The second kappa shape index (κ2) is 4.93. The van der Waals surface area contributed by atoms with Crippen LogP contribution in [-0.4, -0.2) is 28.0 Å². The first-order valence-electron chi connectivity index (χ1n) is 5.56. The lowest BCUT2D eigenvalue weighted by molar-refractivity contribution is 0.0689. The van der Waals surface area contributed by atoms with Crippen molar-refractivity contribution in [1.82, 2.24) is 9.78 Å². The number of aryl methyl sites for hydroxylation is 2. The van der Waals surface area contributed by atoms with Crippen LogP contribution in [0.4, 0.5) is 0 Å². The molecule has 1 aromatic carbocycles. The SMILES string of the molecule is COc1c(C)cc(-c2cc(C(=O)O)nn2C)cc1Cl. The minimum absolute atomic E-state index is 0.00194. The number of nitrogens with zero attached hydrogens (tertiary/aromatic N) is 2. The molecule has 0 unspecified atom stereocenters. The summed E-state index contributed by atoms with van der Waals surface area (Å²) in [7, 11) is 3.25. The fraction of sp³-hybridized carbons (Fsp3) is 0.231. The summed E-state index contributed by atoms with van der Waals surface area (Å²) in [5, 5.41) is 13.4. The van der Waals surface area contributed by atoms with Crippen LogP contribution < -0.4 is 4.74 Å². The first kappa shape index (κ1) is 13.4. The Bertz CT molecular complexity index is 626. The Morgan fingerprint density at radius 1 is 1.42 bits per heavy atom. The van der Waals surface area contributed by atoms with Crippen molar-refractivity contribution in [2.75, 3.05) is 7.11 Å². The minimum Gasteiger partial charge on any atom is -0.495 e. The van der Waals surface area contributed by atoms with Gasteiger partial charge in [0.15, 0.2) is 5.69 Å². The van der Waals surface area contributed by atoms with E-state index in [-0.39, 0.29) is 5.69 Å². The molecule has 2 aromatic rings. The van der Waals surface area contributed by atoms with Crippen LogP contribution in [0.25, 0.3) is 11.3 Å². The average Bonchev–Trinajstić information content (AvgIpc) is 2.71. The highest BCUT2D eigenvalue weighted by atomic mass is 35.5. The fourth-order valence-electron chi connectivity index (χ4n) is 1.98. The summed E-state index contributed by atoms with van der Waals surface area (Å²) < 4.78 is 6.71. The van der Waals surface area contributed by atoms with Gasteiger partial charge in [0.25, 0.3) is 0 Å². The largest absolute Gasteiger partial charge is 0.495 e. The van der Waals surface area contributed by atoms with Gasteiger partial charge in [-0.05, 0) is 30.7 Å². The Morgan fingerprint density at radius 2 is 2.11 bits per heavy atom. The van der Waals surface area contributed by atoms with E-state index in [1.54, 1.807) is 20.2 Å². The number of methoxy groups -OCH3 is 1. The number of benzene rings is 1. The van der Waals surface area contributed by atoms with E-state index in [9.17, 15) is 4.79 Å². The third kappa shape index (κ3) is 2.42. The van der Waals surface area contributed by atoms with Crippen LogP contribution in [0, 0.1) is 6.92 Å². The van der Waals surface area contributed by atoms with Crippen molar-refractivity contribution >= 4 is 17.6 Å². The van der Waals surface area contributed by atoms with Crippen LogP contribution in [0.3, 0.4) is 0 Å². The predicted octanol–water partition coefficient (Wildman–Crippen LogP) is 2.76. The zero-order valence-corrected chi connectivity index (χ0v) is 11.5. The van der Waals surface area contributed by atoms with E-state index in [0.717, 1.165) is 11.1 Å². The van der Waals surface area contributed by atoms with Crippen molar-refractivity contribution in [2.24, 2.45) is 7.05 Å². The van der Waals surface area contributed by atoms with Crippen molar-refractivity contribution in [2.45, 2.75) is 6.92 Å². The molecule has 0 saturated carbocycles. The Labute approximate surface area is 115 Å². The topological polar surface area (TPSA) is 64.3 Å². The lowest BCUT2D eigenvalue weighted by Gasteiger charge is -2.10. The van der Waals surface area contributed by atoms with Crippen molar-refractivity contribution in [1.29, 1.82) is 0 Å². The van der Waals surface area contributed by atoms with Crippen LogP contribution >= 0.6 is 11.6 Å². The molecule has 0 amide bonds. The van der Waals surface area contributed by atoms with Gasteiger partial charge in [0.1, 0.15) is 5.75 Å². The van der Waals surface area contributed by atoms with E-state index in [0.29, 0.717) is 16.5 Å². The van der Waals surface area contributed by atoms with E-state index in [4.69, 9.17) is 21.4 Å². The maximum absolute atomic E-state index is 10.9. The van der Waals surface area contributed by atoms with Crippen molar-refractivity contribution in [3.05, 3.63) is 34.5 Å². The van der Waals surface area contributed by atoms with Gasteiger partial charge in [-0.1, -0.05) is 11.6 Å². The summed E-state index contributed by atoms with van der Waals surface area (Å²) in [5.41, 5.74) is 2.36. The minimum atomic E-state index is -1.06. The zero-order chi connectivity index (χ0) is 14.2. The Hall–Kier alpha value is -2.01. The van der Waals surface area contributed by atoms with Crippen LogP contribution in [0.2, 0.25) is 5.02 Å². The van der Waals surface area contributed by atoms with E-state index in [2.05, 4.69) is 5.10 Å². The van der Waals surface area contributed by atoms with Crippen molar-refractivity contribution < 1.29 is 14.6 Å². The summed E-state index contributed by atoms with van der Waals surface area (Å²) in [6.45, 7) is 1.88. The Kier molecular flexibility index (Phi) is 3.48. The summed E-state index contributed by atoms with van der Waals surface area (Å²) in [5.74, 6) is -0.441. The van der Waals surface area contributed by atoms with Gasteiger partial charge in [-0.15, -0.1) is 0 Å². The van der Waals surface area contributed by atoms with Crippen LogP contribution in [0.5, 0.6) is 5.75 Å². The molecule has 6 heteroatoms. The molecule has 0 radical (unpaired) electrons. The summed E-state index contributed by atoms with van der Waals surface area (Å²) in [4.78, 5) is 10.9. The highest BCUT2D eigenvalue weighted by molar-refractivity contribution is 6.32. The number of halogens is 1. The molecule has 0 aliphatic rings. The predicted molar refractivity (Wildman–Crippen MR) is 71.9 cm³/mol. The highest BCUT2D eigenvalue weighted by Crippen LogP contribution is 2.33.